The molecule has 0 unspecified atom stereocenters. The highest BCUT2D eigenvalue weighted by molar-refractivity contribution is 9.10. The Morgan fingerprint density at radius 2 is 1.61 bits per heavy atom. The fraction of sp³-hybridized carbons (Fsp3) is 0.318. The summed E-state index contributed by atoms with van der Waals surface area (Å²) in [5.41, 5.74) is 3.65. The van der Waals surface area contributed by atoms with Crippen LogP contribution in [0, 0.1) is 20.8 Å². The Morgan fingerprint density at radius 3 is 2.19 bits per heavy atom. The van der Waals surface area contributed by atoms with Crippen molar-refractivity contribution in [3.63, 3.8) is 0 Å². The Hall–Kier alpha value is -2.52. The van der Waals surface area contributed by atoms with Crippen molar-refractivity contribution < 1.29 is 22.8 Å². The van der Waals surface area contributed by atoms with Crippen LogP contribution in [0.4, 0.5) is 5.69 Å². The van der Waals surface area contributed by atoms with Gasteiger partial charge >= 0.3 is 0 Å². The van der Waals surface area contributed by atoms with E-state index in [1.165, 1.54) is 12.1 Å². The molecule has 0 spiro atoms. The van der Waals surface area contributed by atoms with E-state index in [0.29, 0.717) is 10.2 Å². The number of carbonyl (C=O) groups excluding carboxylic acids is 3. The smallest absolute Gasteiger partial charge is 0.262 e. The molecule has 0 fully saturated rings. The van der Waals surface area contributed by atoms with E-state index in [9.17, 15) is 22.8 Å². The number of benzene rings is 2. The van der Waals surface area contributed by atoms with E-state index >= 15 is 0 Å². The minimum atomic E-state index is -3.42. The highest BCUT2D eigenvalue weighted by atomic mass is 79.9. The van der Waals surface area contributed by atoms with E-state index in [2.05, 4.69) is 21.2 Å². The summed E-state index contributed by atoms with van der Waals surface area (Å²) in [4.78, 5) is 40.1. The van der Waals surface area contributed by atoms with Crippen LogP contribution in [-0.4, -0.2) is 49.1 Å². The first-order valence-corrected chi connectivity index (χ1v) is 12.5. The van der Waals surface area contributed by atoms with E-state index in [1.807, 2.05) is 32.9 Å². The summed E-state index contributed by atoms with van der Waals surface area (Å²) < 4.78 is 24.2. The van der Waals surface area contributed by atoms with E-state index < -0.39 is 33.6 Å². The number of nitrogens with zero attached hydrogens (tertiary/aromatic N) is 1. The van der Waals surface area contributed by atoms with Gasteiger partial charge in [0.15, 0.2) is 0 Å². The molecule has 9 heteroatoms. The number of aryl methyl sites for hydroxylation is 3. The van der Waals surface area contributed by atoms with Gasteiger partial charge in [0.25, 0.3) is 11.8 Å². The predicted octanol–water partition coefficient (Wildman–Crippen LogP) is 3.41. The molecule has 1 N–H and O–H groups in total. The maximum absolute atomic E-state index is 13.3. The summed E-state index contributed by atoms with van der Waals surface area (Å²) in [6.07, 6.45) is 0.858. The van der Waals surface area contributed by atoms with Crippen molar-refractivity contribution in [1.82, 2.24) is 4.90 Å². The first-order valence-electron chi connectivity index (χ1n) is 9.63. The molecule has 2 aromatic rings. The van der Waals surface area contributed by atoms with Gasteiger partial charge in [-0.15, -0.1) is 0 Å². The molecule has 1 aliphatic heterocycles. The van der Waals surface area contributed by atoms with Crippen molar-refractivity contribution in [2.75, 3.05) is 17.3 Å². The van der Waals surface area contributed by atoms with Gasteiger partial charge in [-0.2, -0.15) is 0 Å². The topological polar surface area (TPSA) is 101 Å². The van der Waals surface area contributed by atoms with Crippen LogP contribution in [0.3, 0.4) is 0 Å². The average Bonchev–Trinajstić information content (AvgIpc) is 2.88. The average molecular weight is 507 g/mol. The quantitative estimate of drug-likeness (QED) is 0.604. The number of amides is 3. The molecule has 0 aromatic heterocycles. The van der Waals surface area contributed by atoms with Crippen molar-refractivity contribution >= 4 is 49.2 Å². The van der Waals surface area contributed by atoms with Crippen molar-refractivity contribution in [2.24, 2.45) is 0 Å². The third-order valence-corrected chi connectivity index (χ3v) is 6.65. The van der Waals surface area contributed by atoms with Gasteiger partial charge in [0.05, 0.1) is 16.9 Å². The second kappa shape index (κ2) is 8.55. The number of carbonyl (C=O) groups is 3. The molecule has 3 amide bonds. The van der Waals surface area contributed by atoms with Crippen molar-refractivity contribution in [3.05, 3.63) is 62.6 Å². The summed E-state index contributed by atoms with van der Waals surface area (Å²) in [5, 5.41) is 2.81. The Bertz CT molecular complexity index is 1180. The minimum Gasteiger partial charge on any atom is -0.324 e. The van der Waals surface area contributed by atoms with Crippen LogP contribution in [0.25, 0.3) is 0 Å². The molecule has 0 saturated carbocycles. The Morgan fingerprint density at radius 1 is 1.03 bits per heavy atom. The highest BCUT2D eigenvalue weighted by Gasteiger charge is 2.43. The molecule has 0 saturated heterocycles. The highest BCUT2D eigenvalue weighted by Crippen LogP contribution is 2.30. The van der Waals surface area contributed by atoms with Crippen LogP contribution in [-0.2, 0) is 14.6 Å². The second-order valence-electron chi connectivity index (χ2n) is 7.87. The first-order chi connectivity index (χ1) is 14.4. The summed E-state index contributed by atoms with van der Waals surface area (Å²) in [5.74, 6) is -2.17. The lowest BCUT2D eigenvalue weighted by Gasteiger charge is -2.26. The number of nitrogens with one attached hydrogen (secondary N) is 1. The van der Waals surface area contributed by atoms with Gasteiger partial charge in [0, 0.05) is 16.4 Å². The second-order valence-corrected chi connectivity index (χ2v) is 11.0. The van der Waals surface area contributed by atoms with Crippen LogP contribution >= 0.6 is 15.9 Å². The SMILES string of the molecule is Cc1cc(C)c(NC(=O)[C@@H](CCS(C)(=O)=O)N2C(=O)c3ccc(Br)cc3C2=O)c(C)c1. The lowest BCUT2D eigenvalue weighted by atomic mass is 10.0. The third kappa shape index (κ3) is 4.88. The molecule has 1 atom stereocenters. The maximum Gasteiger partial charge on any atom is 0.262 e. The van der Waals surface area contributed by atoms with E-state index in [4.69, 9.17) is 0 Å². The van der Waals surface area contributed by atoms with Gasteiger partial charge in [0.2, 0.25) is 5.91 Å². The summed E-state index contributed by atoms with van der Waals surface area (Å²) in [7, 11) is -3.42. The summed E-state index contributed by atoms with van der Waals surface area (Å²) in [6, 6.07) is 7.23. The van der Waals surface area contributed by atoms with E-state index in [-0.39, 0.29) is 23.3 Å². The largest absolute Gasteiger partial charge is 0.324 e. The van der Waals surface area contributed by atoms with Gasteiger partial charge in [0.1, 0.15) is 15.9 Å². The van der Waals surface area contributed by atoms with Crippen LogP contribution in [0.15, 0.2) is 34.8 Å². The fourth-order valence-electron chi connectivity index (χ4n) is 3.80. The first kappa shape index (κ1) is 23.1. The molecule has 0 radical (unpaired) electrons. The minimum absolute atomic E-state index is 0.180. The Kier molecular flexibility index (Phi) is 6.38. The standard InChI is InChI=1S/C22H23BrN2O5S/c1-12-9-13(2)19(14(3)10-12)24-20(26)18(7-8-31(4,29)30)25-21(27)16-6-5-15(23)11-17(16)22(25)28/h5-6,9-11,18H,7-8H2,1-4H3,(H,24,26)/t18-/m1/s1. The number of imide groups is 1. The molecule has 1 heterocycles. The number of hydrogen-bond acceptors (Lipinski definition) is 5. The van der Waals surface area contributed by atoms with Crippen molar-refractivity contribution in [1.29, 1.82) is 0 Å². The number of anilines is 1. The molecule has 0 aliphatic carbocycles. The predicted molar refractivity (Wildman–Crippen MR) is 122 cm³/mol. The van der Waals surface area contributed by atoms with Gasteiger partial charge < -0.3 is 5.32 Å². The van der Waals surface area contributed by atoms with Crippen molar-refractivity contribution in [2.45, 2.75) is 33.2 Å². The van der Waals surface area contributed by atoms with Gasteiger partial charge in [-0.3, -0.25) is 19.3 Å². The molecule has 3 rings (SSSR count). The number of halogens is 1. The molecule has 2 aromatic carbocycles. The molecule has 31 heavy (non-hydrogen) atoms. The van der Waals surface area contributed by atoms with Crippen LogP contribution in [0.1, 0.15) is 43.8 Å². The number of rotatable bonds is 6. The number of fused-ring (bicyclic) bond motifs is 1. The summed E-state index contributed by atoms with van der Waals surface area (Å²) in [6.45, 7) is 5.64. The number of sulfone groups is 1. The third-order valence-electron chi connectivity index (χ3n) is 5.18. The van der Waals surface area contributed by atoms with E-state index in [0.717, 1.165) is 27.8 Å². The van der Waals surface area contributed by atoms with Crippen LogP contribution < -0.4 is 5.32 Å². The fourth-order valence-corrected chi connectivity index (χ4v) is 4.81. The lowest BCUT2D eigenvalue weighted by Crippen LogP contribution is -2.48. The van der Waals surface area contributed by atoms with Gasteiger partial charge in [-0.05, 0) is 56.5 Å². The molecular formula is C22H23BrN2O5S. The van der Waals surface area contributed by atoms with Crippen LogP contribution in [0.2, 0.25) is 0 Å². The summed E-state index contributed by atoms with van der Waals surface area (Å²) >= 11 is 3.28. The zero-order valence-electron chi connectivity index (χ0n) is 17.7. The lowest BCUT2D eigenvalue weighted by molar-refractivity contribution is -0.120. The normalized spacial score (nSPS) is 14.5. The van der Waals surface area contributed by atoms with Gasteiger partial charge in [-0.25, -0.2) is 8.42 Å². The molecule has 164 valence electrons. The monoisotopic (exact) mass is 506 g/mol. The number of hydrogen-bond donors (Lipinski definition) is 1. The van der Waals surface area contributed by atoms with Crippen molar-refractivity contribution in [3.8, 4) is 0 Å². The van der Waals surface area contributed by atoms with Crippen LogP contribution in [0.5, 0.6) is 0 Å². The zero-order chi connectivity index (χ0) is 23.1. The molecular weight excluding hydrogens is 484 g/mol. The zero-order valence-corrected chi connectivity index (χ0v) is 20.1. The van der Waals surface area contributed by atoms with Gasteiger partial charge in [-0.1, -0.05) is 33.6 Å². The van der Waals surface area contributed by atoms with E-state index in [1.54, 1.807) is 6.07 Å². The Labute approximate surface area is 189 Å². The maximum atomic E-state index is 13.3. The molecule has 7 nitrogen and oxygen atoms in total. The molecule has 1 aliphatic rings. The molecule has 0 bridgehead atoms. The Balaban J connectivity index is 1.98.